The van der Waals surface area contributed by atoms with Gasteiger partial charge in [0.15, 0.2) is 0 Å². The molecule has 2 fully saturated rings. The molecule has 2 N–H and O–H groups in total. The molecule has 1 saturated carbocycles. The van der Waals surface area contributed by atoms with E-state index in [2.05, 4.69) is 29.2 Å². The summed E-state index contributed by atoms with van der Waals surface area (Å²) in [6, 6.07) is 12.6. The monoisotopic (exact) mass is 327 g/mol. The molecule has 1 aliphatic carbocycles. The van der Waals surface area contributed by atoms with E-state index in [0.29, 0.717) is 11.8 Å². The number of likely N-dealkylation sites (tertiary alicyclic amines) is 1. The zero-order valence-electron chi connectivity index (χ0n) is 14.1. The number of ether oxygens (including phenoxy) is 1. The van der Waals surface area contributed by atoms with Crippen LogP contribution in [0.15, 0.2) is 36.4 Å². The van der Waals surface area contributed by atoms with Gasteiger partial charge >= 0.3 is 0 Å². The van der Waals surface area contributed by atoms with Crippen molar-refractivity contribution in [1.82, 2.24) is 4.90 Å². The molecular weight excluding hydrogens is 302 g/mol. The van der Waals surface area contributed by atoms with Gasteiger partial charge in [0, 0.05) is 25.0 Å². The molecule has 128 valence electrons. The average molecular weight is 327 g/mol. The number of rotatable bonds is 3. The van der Waals surface area contributed by atoms with E-state index in [4.69, 9.17) is 4.74 Å². The van der Waals surface area contributed by atoms with Crippen LogP contribution in [-0.4, -0.2) is 47.5 Å². The van der Waals surface area contributed by atoms with Gasteiger partial charge in [-0.1, -0.05) is 30.3 Å². The fraction of sp³-hybridized carbons (Fsp3) is 0.500. The van der Waals surface area contributed by atoms with Crippen LogP contribution >= 0.6 is 0 Å². The molecule has 2 aliphatic rings. The van der Waals surface area contributed by atoms with Gasteiger partial charge in [-0.3, -0.25) is 4.90 Å². The van der Waals surface area contributed by atoms with E-state index >= 15 is 0 Å². The van der Waals surface area contributed by atoms with Crippen LogP contribution < -0.4 is 4.74 Å². The van der Waals surface area contributed by atoms with Gasteiger partial charge < -0.3 is 14.9 Å². The Morgan fingerprint density at radius 1 is 0.958 bits per heavy atom. The fourth-order valence-corrected chi connectivity index (χ4v) is 4.52. The lowest BCUT2D eigenvalue weighted by atomic mass is 9.79. The molecule has 4 nitrogen and oxygen atoms in total. The molecule has 0 bridgehead atoms. The normalized spacial score (nSPS) is 30.5. The largest absolute Gasteiger partial charge is 0.496 e. The van der Waals surface area contributed by atoms with Crippen LogP contribution in [0.4, 0.5) is 0 Å². The van der Waals surface area contributed by atoms with Crippen molar-refractivity contribution in [1.29, 1.82) is 0 Å². The number of hydrogen-bond donors (Lipinski definition) is 2. The Labute approximate surface area is 142 Å². The summed E-state index contributed by atoms with van der Waals surface area (Å²) in [7, 11) is 1.71. The van der Waals surface area contributed by atoms with Crippen LogP contribution in [0.25, 0.3) is 10.8 Å². The van der Waals surface area contributed by atoms with Crippen LogP contribution in [0.3, 0.4) is 0 Å². The van der Waals surface area contributed by atoms with Crippen LogP contribution in [0.1, 0.15) is 18.4 Å². The third kappa shape index (κ3) is 2.79. The minimum absolute atomic E-state index is 0.507. The van der Waals surface area contributed by atoms with E-state index in [0.717, 1.165) is 43.6 Å². The van der Waals surface area contributed by atoms with E-state index in [9.17, 15) is 10.2 Å². The average Bonchev–Trinajstić information content (AvgIpc) is 2.97. The van der Waals surface area contributed by atoms with Crippen LogP contribution in [0, 0.1) is 11.8 Å². The third-order valence-electron chi connectivity index (χ3n) is 5.77. The summed E-state index contributed by atoms with van der Waals surface area (Å²) in [5.41, 5.74) is 1.31. The van der Waals surface area contributed by atoms with Crippen LogP contribution in [0.5, 0.6) is 5.75 Å². The molecule has 0 aromatic heterocycles. The van der Waals surface area contributed by atoms with E-state index in [1.54, 1.807) is 7.11 Å². The Hall–Kier alpha value is -1.62. The zero-order chi connectivity index (χ0) is 16.7. The highest BCUT2D eigenvalue weighted by molar-refractivity contribution is 5.91. The summed E-state index contributed by atoms with van der Waals surface area (Å²) in [6.45, 7) is 2.92. The first-order valence-corrected chi connectivity index (χ1v) is 8.79. The van der Waals surface area contributed by atoms with Gasteiger partial charge in [0.2, 0.25) is 0 Å². The molecule has 4 rings (SSSR count). The van der Waals surface area contributed by atoms with Crippen molar-refractivity contribution >= 4 is 10.8 Å². The predicted molar refractivity (Wildman–Crippen MR) is 94.0 cm³/mol. The summed E-state index contributed by atoms with van der Waals surface area (Å²) < 4.78 is 5.48. The van der Waals surface area contributed by atoms with E-state index < -0.39 is 12.2 Å². The molecule has 24 heavy (non-hydrogen) atoms. The third-order valence-corrected chi connectivity index (χ3v) is 5.77. The molecule has 1 aliphatic heterocycles. The molecule has 0 unspecified atom stereocenters. The zero-order valence-corrected chi connectivity index (χ0v) is 14.1. The molecule has 1 saturated heterocycles. The maximum Gasteiger partial charge on any atom is 0.126 e. The maximum atomic E-state index is 9.92. The van der Waals surface area contributed by atoms with E-state index in [1.807, 2.05) is 12.1 Å². The summed E-state index contributed by atoms with van der Waals surface area (Å²) in [5, 5.41) is 22.2. The quantitative estimate of drug-likeness (QED) is 0.909. The molecular formula is C20H25NO3. The Bertz CT molecular complexity index is 714. The highest BCUT2D eigenvalue weighted by Gasteiger charge is 2.40. The number of methoxy groups -OCH3 is 1. The minimum atomic E-state index is -0.548. The Balaban J connectivity index is 1.56. The van der Waals surface area contributed by atoms with Gasteiger partial charge in [0.1, 0.15) is 5.75 Å². The summed E-state index contributed by atoms with van der Waals surface area (Å²) in [4.78, 5) is 2.47. The highest BCUT2D eigenvalue weighted by atomic mass is 16.5. The highest BCUT2D eigenvalue weighted by Crippen LogP contribution is 2.38. The lowest BCUT2D eigenvalue weighted by molar-refractivity contribution is -0.0372. The number of benzene rings is 2. The minimum Gasteiger partial charge on any atom is -0.496 e. The van der Waals surface area contributed by atoms with Crippen molar-refractivity contribution in [3.05, 3.63) is 42.0 Å². The second-order valence-electron chi connectivity index (χ2n) is 7.29. The van der Waals surface area contributed by atoms with Crippen LogP contribution in [0.2, 0.25) is 0 Å². The molecule has 2 aromatic rings. The van der Waals surface area contributed by atoms with Crippen molar-refractivity contribution in [3.8, 4) is 5.75 Å². The van der Waals surface area contributed by atoms with Gasteiger partial charge in [-0.2, -0.15) is 0 Å². The van der Waals surface area contributed by atoms with Gasteiger partial charge in [0.25, 0.3) is 0 Å². The molecule has 2 aromatic carbocycles. The number of aliphatic hydroxyl groups excluding tert-OH is 2. The first-order chi connectivity index (χ1) is 11.7. The number of hydrogen-bond acceptors (Lipinski definition) is 4. The van der Waals surface area contributed by atoms with Crippen molar-refractivity contribution in [3.63, 3.8) is 0 Å². The standard InChI is InChI=1S/C20H25NO3/c1-24-20-7-6-13(16-4-2-3-5-17(16)20)10-21-11-14-8-18(22)19(23)9-15(14)12-21/h2-7,14-15,18-19,22-23H,8-12H2,1H3/t14-,15+,18-,19-/m0/s1. The molecule has 0 spiro atoms. The molecule has 1 heterocycles. The Morgan fingerprint density at radius 2 is 1.58 bits per heavy atom. The summed E-state index contributed by atoms with van der Waals surface area (Å²) >= 11 is 0. The Kier molecular flexibility index (Phi) is 4.21. The lowest BCUT2D eigenvalue weighted by Gasteiger charge is -2.32. The van der Waals surface area contributed by atoms with E-state index in [-0.39, 0.29) is 0 Å². The predicted octanol–water partition coefficient (Wildman–Crippen LogP) is 2.41. The van der Waals surface area contributed by atoms with Gasteiger partial charge in [-0.25, -0.2) is 0 Å². The van der Waals surface area contributed by atoms with Gasteiger partial charge in [-0.15, -0.1) is 0 Å². The molecule has 4 heteroatoms. The van der Waals surface area contributed by atoms with Gasteiger partial charge in [-0.05, 0) is 41.7 Å². The number of aliphatic hydroxyl groups is 2. The maximum absolute atomic E-state index is 9.92. The van der Waals surface area contributed by atoms with Crippen molar-refractivity contribution in [2.45, 2.75) is 31.6 Å². The van der Waals surface area contributed by atoms with Gasteiger partial charge in [0.05, 0.1) is 19.3 Å². The second kappa shape index (κ2) is 6.36. The van der Waals surface area contributed by atoms with Crippen molar-refractivity contribution in [2.24, 2.45) is 11.8 Å². The summed E-state index contributed by atoms with van der Waals surface area (Å²) in [5.74, 6) is 1.93. The van der Waals surface area contributed by atoms with Crippen molar-refractivity contribution < 1.29 is 14.9 Å². The topological polar surface area (TPSA) is 52.9 Å². The second-order valence-corrected chi connectivity index (χ2v) is 7.29. The molecule has 0 amide bonds. The SMILES string of the molecule is COc1ccc(CN2C[C@H]3C[C@H](O)[C@@H](O)C[C@H]3C2)c2ccccc12. The first-order valence-electron chi connectivity index (χ1n) is 8.79. The lowest BCUT2D eigenvalue weighted by Crippen LogP contribution is -2.38. The number of fused-ring (bicyclic) bond motifs is 2. The van der Waals surface area contributed by atoms with Crippen LogP contribution in [-0.2, 0) is 6.54 Å². The van der Waals surface area contributed by atoms with E-state index in [1.165, 1.54) is 10.9 Å². The summed E-state index contributed by atoms with van der Waals surface area (Å²) in [6.07, 6.45) is 0.359. The first kappa shape index (κ1) is 15.9. The number of nitrogens with zero attached hydrogens (tertiary/aromatic N) is 1. The fourth-order valence-electron chi connectivity index (χ4n) is 4.52. The Morgan fingerprint density at radius 3 is 2.21 bits per heavy atom. The molecule has 0 radical (unpaired) electrons. The smallest absolute Gasteiger partial charge is 0.126 e. The molecule has 4 atom stereocenters. The van der Waals surface area contributed by atoms with Crippen molar-refractivity contribution in [2.75, 3.05) is 20.2 Å².